The normalized spacial score (nSPS) is 26.4. The molecule has 2 aliphatic rings. The van der Waals surface area contributed by atoms with Crippen molar-refractivity contribution in [1.82, 2.24) is 8.68 Å². The molecule has 1 aromatic rings. The van der Waals surface area contributed by atoms with Crippen molar-refractivity contribution in [3.8, 4) is 0 Å². The molecule has 112 valence electrons. The molecule has 1 saturated carbocycles. The van der Waals surface area contributed by atoms with E-state index in [9.17, 15) is 8.42 Å². The Kier molecular flexibility index (Phi) is 3.42. The number of anilines is 2. The second kappa shape index (κ2) is 4.85. The number of rotatable bonds is 3. The third kappa shape index (κ3) is 2.10. The first-order valence-electron chi connectivity index (χ1n) is 6.84. The van der Waals surface area contributed by atoms with Gasteiger partial charge < -0.3 is 10.6 Å². The summed E-state index contributed by atoms with van der Waals surface area (Å²) >= 11 is 1.20. The Bertz CT molecular complexity index is 599. The van der Waals surface area contributed by atoms with Gasteiger partial charge in [-0.25, -0.2) is 12.7 Å². The van der Waals surface area contributed by atoms with Crippen molar-refractivity contribution in [1.29, 1.82) is 0 Å². The molecule has 2 unspecified atom stereocenters. The molecule has 0 spiro atoms. The molecule has 1 aliphatic heterocycles. The van der Waals surface area contributed by atoms with Gasteiger partial charge in [0.1, 0.15) is 5.00 Å². The fraction of sp³-hybridized carbons (Fsp3) is 0.750. The molecule has 3 rings (SSSR count). The van der Waals surface area contributed by atoms with E-state index in [0.29, 0.717) is 16.8 Å². The van der Waals surface area contributed by atoms with Crippen LogP contribution in [0.4, 0.5) is 10.8 Å². The van der Waals surface area contributed by atoms with Gasteiger partial charge in [-0.15, -0.1) is 0 Å². The lowest BCUT2D eigenvalue weighted by Gasteiger charge is -2.20. The standard InChI is InChI=1S/C12H20N4O2S2/c1-15(2)20(17,18)10-11(13)14-19-12(10)16-6-8-4-3-5-9(8)7-16/h8-9H,3-7H2,1-2H3,(H2,13,14). The summed E-state index contributed by atoms with van der Waals surface area (Å²) in [5.41, 5.74) is 5.82. The van der Waals surface area contributed by atoms with Gasteiger partial charge in [-0.05, 0) is 36.2 Å². The highest BCUT2D eigenvalue weighted by Crippen LogP contribution is 2.44. The van der Waals surface area contributed by atoms with Crippen LogP contribution in [-0.4, -0.2) is 44.3 Å². The Hall–Kier alpha value is -0.860. The fourth-order valence-electron chi connectivity index (χ4n) is 3.31. The van der Waals surface area contributed by atoms with E-state index in [2.05, 4.69) is 9.27 Å². The van der Waals surface area contributed by atoms with Gasteiger partial charge in [0, 0.05) is 27.2 Å². The molecular formula is C12H20N4O2S2. The van der Waals surface area contributed by atoms with E-state index in [1.165, 1.54) is 49.2 Å². The first-order valence-corrected chi connectivity index (χ1v) is 9.05. The number of nitrogen functional groups attached to an aromatic ring is 1. The quantitative estimate of drug-likeness (QED) is 0.907. The zero-order valence-electron chi connectivity index (χ0n) is 11.7. The van der Waals surface area contributed by atoms with Crippen LogP contribution in [0.25, 0.3) is 0 Å². The summed E-state index contributed by atoms with van der Waals surface area (Å²) < 4.78 is 30.1. The Labute approximate surface area is 123 Å². The van der Waals surface area contributed by atoms with E-state index >= 15 is 0 Å². The summed E-state index contributed by atoms with van der Waals surface area (Å²) in [4.78, 5) is 2.35. The lowest BCUT2D eigenvalue weighted by atomic mass is 10.0. The van der Waals surface area contributed by atoms with Crippen molar-refractivity contribution in [3.05, 3.63) is 0 Å². The van der Waals surface area contributed by atoms with Crippen LogP contribution in [0.3, 0.4) is 0 Å². The first-order chi connectivity index (χ1) is 9.41. The van der Waals surface area contributed by atoms with Crippen LogP contribution >= 0.6 is 11.5 Å². The molecule has 2 N–H and O–H groups in total. The van der Waals surface area contributed by atoms with Gasteiger partial charge in [-0.3, -0.25) is 0 Å². The van der Waals surface area contributed by atoms with Crippen LogP contribution in [0, 0.1) is 11.8 Å². The molecule has 2 atom stereocenters. The predicted molar refractivity (Wildman–Crippen MR) is 80.4 cm³/mol. The number of hydrogen-bond acceptors (Lipinski definition) is 6. The summed E-state index contributed by atoms with van der Waals surface area (Å²) in [6, 6.07) is 0. The average Bonchev–Trinajstić information content (AvgIpc) is 3.00. The number of sulfonamides is 1. The van der Waals surface area contributed by atoms with Gasteiger partial charge in [0.15, 0.2) is 10.7 Å². The van der Waals surface area contributed by atoms with Crippen LogP contribution in [0.2, 0.25) is 0 Å². The lowest BCUT2D eigenvalue weighted by Crippen LogP contribution is -2.27. The van der Waals surface area contributed by atoms with E-state index in [1.807, 2.05) is 0 Å². The van der Waals surface area contributed by atoms with E-state index in [-0.39, 0.29) is 10.7 Å². The van der Waals surface area contributed by atoms with Gasteiger partial charge in [0.05, 0.1) is 0 Å². The largest absolute Gasteiger partial charge is 0.382 e. The molecule has 0 radical (unpaired) electrons. The summed E-state index contributed by atoms with van der Waals surface area (Å²) in [6.45, 7) is 1.87. The maximum Gasteiger partial charge on any atom is 0.249 e. The Morgan fingerprint density at radius 2 is 1.90 bits per heavy atom. The molecule has 2 heterocycles. The topological polar surface area (TPSA) is 79.5 Å². The molecule has 1 aliphatic carbocycles. The molecule has 0 aromatic carbocycles. The maximum absolute atomic E-state index is 12.4. The van der Waals surface area contributed by atoms with Crippen molar-refractivity contribution in [2.75, 3.05) is 37.8 Å². The maximum atomic E-state index is 12.4. The number of nitrogens with zero attached hydrogens (tertiary/aromatic N) is 3. The molecule has 0 bridgehead atoms. The number of nitrogens with two attached hydrogens (primary N) is 1. The van der Waals surface area contributed by atoms with Crippen LogP contribution in [0.15, 0.2) is 4.90 Å². The average molecular weight is 316 g/mol. The number of aromatic nitrogens is 1. The Morgan fingerprint density at radius 3 is 2.45 bits per heavy atom. The van der Waals surface area contributed by atoms with Crippen LogP contribution in [0.5, 0.6) is 0 Å². The minimum Gasteiger partial charge on any atom is -0.382 e. The van der Waals surface area contributed by atoms with E-state index in [0.717, 1.165) is 13.1 Å². The molecule has 6 nitrogen and oxygen atoms in total. The second-order valence-corrected chi connectivity index (χ2v) is 8.69. The molecule has 2 fully saturated rings. The minimum absolute atomic E-state index is 0.121. The van der Waals surface area contributed by atoms with Crippen molar-refractivity contribution in [3.63, 3.8) is 0 Å². The van der Waals surface area contributed by atoms with E-state index < -0.39 is 10.0 Å². The predicted octanol–water partition coefficient (Wildman–Crippen LogP) is 1.21. The van der Waals surface area contributed by atoms with Crippen molar-refractivity contribution in [2.45, 2.75) is 24.2 Å². The fourth-order valence-corrected chi connectivity index (χ4v) is 5.55. The smallest absolute Gasteiger partial charge is 0.249 e. The molecule has 1 saturated heterocycles. The third-order valence-electron chi connectivity index (χ3n) is 4.41. The van der Waals surface area contributed by atoms with Crippen LogP contribution in [0.1, 0.15) is 19.3 Å². The van der Waals surface area contributed by atoms with Crippen molar-refractivity contribution in [2.24, 2.45) is 11.8 Å². The SMILES string of the molecule is CN(C)S(=O)(=O)c1c(N)nsc1N1CC2CCCC2C1. The number of hydrogen-bond donors (Lipinski definition) is 1. The van der Waals surface area contributed by atoms with Gasteiger partial charge in [-0.1, -0.05) is 6.42 Å². The van der Waals surface area contributed by atoms with E-state index in [1.54, 1.807) is 0 Å². The molecule has 0 amide bonds. The Balaban J connectivity index is 1.96. The zero-order valence-corrected chi connectivity index (χ0v) is 13.4. The van der Waals surface area contributed by atoms with Gasteiger partial charge in [-0.2, -0.15) is 4.37 Å². The highest BCUT2D eigenvalue weighted by Gasteiger charge is 2.39. The van der Waals surface area contributed by atoms with Crippen molar-refractivity contribution < 1.29 is 8.42 Å². The summed E-state index contributed by atoms with van der Waals surface area (Å²) in [6.07, 6.45) is 3.81. The molecule has 1 aromatic heterocycles. The Morgan fingerprint density at radius 1 is 1.30 bits per heavy atom. The summed E-state index contributed by atoms with van der Waals surface area (Å²) in [5.74, 6) is 1.53. The monoisotopic (exact) mass is 316 g/mol. The van der Waals surface area contributed by atoms with Gasteiger partial charge in [0.25, 0.3) is 0 Å². The number of fused-ring (bicyclic) bond motifs is 1. The first kappa shape index (κ1) is 14.1. The minimum atomic E-state index is -3.54. The third-order valence-corrected chi connectivity index (χ3v) is 7.34. The van der Waals surface area contributed by atoms with Crippen molar-refractivity contribution >= 4 is 32.4 Å². The lowest BCUT2D eigenvalue weighted by molar-refractivity contribution is 0.494. The second-order valence-electron chi connectivity index (χ2n) is 5.85. The molecule has 8 heteroatoms. The van der Waals surface area contributed by atoms with E-state index in [4.69, 9.17) is 5.73 Å². The zero-order chi connectivity index (χ0) is 14.5. The highest BCUT2D eigenvalue weighted by molar-refractivity contribution is 7.89. The highest BCUT2D eigenvalue weighted by atomic mass is 32.2. The molecule has 20 heavy (non-hydrogen) atoms. The van der Waals surface area contributed by atoms with Crippen LogP contribution < -0.4 is 10.6 Å². The summed E-state index contributed by atoms with van der Waals surface area (Å²) in [7, 11) is -0.496. The van der Waals surface area contributed by atoms with Gasteiger partial charge >= 0.3 is 0 Å². The van der Waals surface area contributed by atoms with Crippen LogP contribution in [-0.2, 0) is 10.0 Å². The van der Waals surface area contributed by atoms with Gasteiger partial charge in [0.2, 0.25) is 10.0 Å². The summed E-state index contributed by atoms with van der Waals surface area (Å²) in [5, 5.41) is 0.714. The molecular weight excluding hydrogens is 296 g/mol.